The van der Waals surface area contributed by atoms with Gasteiger partial charge in [-0.3, -0.25) is 4.79 Å². The number of rotatable bonds is 6. The van der Waals surface area contributed by atoms with Crippen molar-refractivity contribution in [3.63, 3.8) is 0 Å². The normalized spacial score (nSPS) is 15.7. The summed E-state index contributed by atoms with van der Waals surface area (Å²) >= 11 is 0. The Bertz CT molecular complexity index is 757. The van der Waals surface area contributed by atoms with E-state index in [1.54, 1.807) is 0 Å². The fourth-order valence-corrected chi connectivity index (χ4v) is 3.41. The fraction of sp³-hybridized carbons (Fsp3) is 0.409. The van der Waals surface area contributed by atoms with Gasteiger partial charge in [0, 0.05) is 0 Å². The molecule has 0 spiro atoms. The molecule has 3 nitrogen and oxygen atoms in total. The molecule has 1 aliphatic carbocycles. The third-order valence-corrected chi connectivity index (χ3v) is 4.99. The summed E-state index contributed by atoms with van der Waals surface area (Å²) in [6, 6.07) is 12.2. The third kappa shape index (κ3) is 4.43. The quantitative estimate of drug-likeness (QED) is 0.813. The zero-order valence-corrected chi connectivity index (χ0v) is 15.4. The molecular weight excluding hydrogens is 329 g/mol. The summed E-state index contributed by atoms with van der Waals surface area (Å²) in [7, 11) is 0. The number of nitrogens with one attached hydrogen (secondary N) is 1. The van der Waals surface area contributed by atoms with Crippen LogP contribution in [0.25, 0.3) is 0 Å². The third-order valence-electron chi connectivity index (χ3n) is 4.99. The summed E-state index contributed by atoms with van der Waals surface area (Å²) in [5.74, 6) is 0.0211. The topological polar surface area (TPSA) is 38.3 Å². The Balaban J connectivity index is 1.64. The number of hydrogen-bond donors (Lipinski definition) is 1. The van der Waals surface area contributed by atoms with E-state index in [9.17, 15) is 9.18 Å². The summed E-state index contributed by atoms with van der Waals surface area (Å²) in [6.07, 6.45) is 4.72. The van der Waals surface area contributed by atoms with Crippen LogP contribution in [0, 0.1) is 5.82 Å². The van der Waals surface area contributed by atoms with Crippen LogP contribution in [0.5, 0.6) is 5.75 Å². The molecule has 0 fully saturated rings. The molecule has 2 aromatic rings. The van der Waals surface area contributed by atoms with Crippen molar-refractivity contribution in [3.05, 3.63) is 65.0 Å². The van der Waals surface area contributed by atoms with Gasteiger partial charge in [-0.05, 0) is 80.0 Å². The van der Waals surface area contributed by atoms with E-state index in [1.165, 1.54) is 48.2 Å². The van der Waals surface area contributed by atoms with Crippen LogP contribution < -0.4 is 10.1 Å². The van der Waals surface area contributed by atoms with E-state index in [0.717, 1.165) is 18.4 Å². The number of ether oxygens (including phenoxy) is 1. The summed E-state index contributed by atoms with van der Waals surface area (Å²) in [5.41, 5.74) is 3.96. The Morgan fingerprint density at radius 1 is 1.12 bits per heavy atom. The van der Waals surface area contributed by atoms with Gasteiger partial charge in [0.05, 0.1) is 6.04 Å². The van der Waals surface area contributed by atoms with Crippen LogP contribution in [0.15, 0.2) is 42.5 Å². The number of aryl methyl sites for hydroxylation is 2. The number of amides is 1. The molecule has 1 aliphatic rings. The predicted octanol–water partition coefficient (Wildman–Crippen LogP) is 4.74. The average molecular weight is 355 g/mol. The highest BCUT2D eigenvalue weighted by molar-refractivity contribution is 5.81. The zero-order chi connectivity index (χ0) is 18.5. The van der Waals surface area contributed by atoms with Gasteiger partial charge in [0.25, 0.3) is 5.91 Å². The molecule has 0 bridgehead atoms. The van der Waals surface area contributed by atoms with E-state index in [2.05, 4.69) is 23.5 Å². The average Bonchev–Trinajstić information content (AvgIpc) is 2.67. The first-order chi connectivity index (χ1) is 12.6. The van der Waals surface area contributed by atoms with Gasteiger partial charge in [-0.1, -0.05) is 25.1 Å². The van der Waals surface area contributed by atoms with E-state index in [0.29, 0.717) is 12.2 Å². The second-order valence-electron chi connectivity index (χ2n) is 6.93. The van der Waals surface area contributed by atoms with Gasteiger partial charge < -0.3 is 10.1 Å². The van der Waals surface area contributed by atoms with E-state index in [-0.39, 0.29) is 17.8 Å². The molecule has 4 heteroatoms. The monoisotopic (exact) mass is 355 g/mol. The summed E-state index contributed by atoms with van der Waals surface area (Å²) in [5, 5.41) is 3.05. The number of carbonyl (C=O) groups excluding carboxylic acids is 1. The van der Waals surface area contributed by atoms with Crippen LogP contribution in [0.1, 0.15) is 55.8 Å². The molecule has 0 unspecified atom stereocenters. The lowest BCUT2D eigenvalue weighted by molar-refractivity contribution is -0.128. The lowest BCUT2D eigenvalue weighted by Crippen LogP contribution is -2.39. The Morgan fingerprint density at radius 2 is 1.81 bits per heavy atom. The first-order valence-electron chi connectivity index (χ1n) is 9.41. The SMILES string of the molecule is CC[C@@H](Oc1ccc(F)cc1)C(=O)N[C@@H](C)c1ccc2c(c1)CCCC2. The first-order valence-corrected chi connectivity index (χ1v) is 9.41. The largest absolute Gasteiger partial charge is 0.481 e. The van der Waals surface area contributed by atoms with Crippen LogP contribution in [0.4, 0.5) is 4.39 Å². The second-order valence-corrected chi connectivity index (χ2v) is 6.93. The van der Waals surface area contributed by atoms with Gasteiger partial charge in [0.1, 0.15) is 11.6 Å². The number of halogens is 1. The van der Waals surface area contributed by atoms with Crippen molar-refractivity contribution in [3.8, 4) is 5.75 Å². The van der Waals surface area contributed by atoms with Gasteiger partial charge in [0.15, 0.2) is 6.10 Å². The van der Waals surface area contributed by atoms with Crippen molar-refractivity contribution in [2.75, 3.05) is 0 Å². The molecule has 2 aromatic carbocycles. The maximum absolute atomic E-state index is 13.0. The molecule has 0 saturated carbocycles. The Labute approximate surface area is 154 Å². The van der Waals surface area contributed by atoms with Gasteiger partial charge in [-0.2, -0.15) is 0 Å². The summed E-state index contributed by atoms with van der Waals surface area (Å²) < 4.78 is 18.7. The van der Waals surface area contributed by atoms with Crippen molar-refractivity contribution >= 4 is 5.91 Å². The van der Waals surface area contributed by atoms with E-state index >= 15 is 0 Å². The molecule has 0 saturated heterocycles. The van der Waals surface area contributed by atoms with Crippen molar-refractivity contribution < 1.29 is 13.9 Å². The minimum Gasteiger partial charge on any atom is -0.481 e. The number of carbonyl (C=O) groups is 1. The van der Waals surface area contributed by atoms with E-state index in [1.807, 2.05) is 13.8 Å². The number of benzene rings is 2. The van der Waals surface area contributed by atoms with Crippen LogP contribution in [0.2, 0.25) is 0 Å². The highest BCUT2D eigenvalue weighted by atomic mass is 19.1. The highest BCUT2D eigenvalue weighted by Crippen LogP contribution is 2.25. The van der Waals surface area contributed by atoms with E-state index < -0.39 is 6.10 Å². The minimum absolute atomic E-state index is 0.0828. The first kappa shape index (κ1) is 18.4. The predicted molar refractivity (Wildman–Crippen MR) is 101 cm³/mol. The van der Waals surface area contributed by atoms with Crippen LogP contribution in [-0.2, 0) is 17.6 Å². The van der Waals surface area contributed by atoms with E-state index in [4.69, 9.17) is 4.74 Å². The molecule has 1 amide bonds. The van der Waals surface area contributed by atoms with Crippen molar-refractivity contribution in [2.45, 2.75) is 58.1 Å². The zero-order valence-electron chi connectivity index (χ0n) is 15.4. The van der Waals surface area contributed by atoms with Crippen LogP contribution in [0.3, 0.4) is 0 Å². The molecule has 138 valence electrons. The highest BCUT2D eigenvalue weighted by Gasteiger charge is 2.21. The van der Waals surface area contributed by atoms with Gasteiger partial charge in [0.2, 0.25) is 0 Å². The smallest absolute Gasteiger partial charge is 0.261 e. The molecule has 26 heavy (non-hydrogen) atoms. The molecule has 1 N–H and O–H groups in total. The molecule has 3 rings (SSSR count). The fourth-order valence-electron chi connectivity index (χ4n) is 3.41. The number of fused-ring (bicyclic) bond motifs is 1. The van der Waals surface area contributed by atoms with Crippen molar-refractivity contribution in [1.29, 1.82) is 0 Å². The van der Waals surface area contributed by atoms with Gasteiger partial charge in [-0.25, -0.2) is 4.39 Å². The maximum Gasteiger partial charge on any atom is 0.261 e. The molecule has 0 aromatic heterocycles. The molecule has 0 heterocycles. The standard InChI is InChI=1S/C22H26FNO2/c1-3-21(26-20-12-10-19(23)11-13-20)22(25)24-15(2)17-9-8-16-6-4-5-7-18(16)14-17/h8-15,21H,3-7H2,1-2H3,(H,24,25)/t15-,21+/m0/s1. The lowest BCUT2D eigenvalue weighted by Gasteiger charge is -2.22. The summed E-state index contributed by atoms with van der Waals surface area (Å²) in [6.45, 7) is 3.89. The Kier molecular flexibility index (Phi) is 5.92. The second kappa shape index (κ2) is 8.35. The lowest BCUT2D eigenvalue weighted by atomic mass is 9.89. The Hall–Kier alpha value is -2.36. The molecule has 0 aliphatic heterocycles. The van der Waals surface area contributed by atoms with Crippen molar-refractivity contribution in [2.24, 2.45) is 0 Å². The van der Waals surface area contributed by atoms with Gasteiger partial charge >= 0.3 is 0 Å². The minimum atomic E-state index is -0.597. The molecular formula is C22H26FNO2. The van der Waals surface area contributed by atoms with Crippen molar-refractivity contribution in [1.82, 2.24) is 5.32 Å². The summed E-state index contributed by atoms with van der Waals surface area (Å²) in [4.78, 5) is 12.6. The van der Waals surface area contributed by atoms with Crippen LogP contribution >= 0.6 is 0 Å². The molecule has 0 radical (unpaired) electrons. The van der Waals surface area contributed by atoms with Gasteiger partial charge in [-0.15, -0.1) is 0 Å². The maximum atomic E-state index is 13.0. The number of hydrogen-bond acceptors (Lipinski definition) is 2. The Morgan fingerprint density at radius 3 is 2.50 bits per heavy atom. The van der Waals surface area contributed by atoms with Crippen LogP contribution in [-0.4, -0.2) is 12.0 Å². The molecule has 2 atom stereocenters.